The number of benzene rings is 4. The van der Waals surface area contributed by atoms with E-state index in [1.807, 2.05) is 66.4 Å². The third kappa shape index (κ3) is 6.10. The van der Waals surface area contributed by atoms with Crippen molar-refractivity contribution in [1.29, 1.82) is 0 Å². The zero-order valence-electron chi connectivity index (χ0n) is 31.0. The fraction of sp³-hybridized carbons (Fsp3) is 0.442. The summed E-state index contributed by atoms with van der Waals surface area (Å²) in [6.07, 6.45) is -0.0479. The number of rotatable bonds is 9. The molecule has 282 valence electrons. The van der Waals surface area contributed by atoms with E-state index >= 15 is 8.78 Å². The minimum Gasteiger partial charge on any atom is -0.463 e. The monoisotopic (exact) mass is 735 g/mol. The highest BCUT2D eigenvalue weighted by molar-refractivity contribution is 6.01. The van der Waals surface area contributed by atoms with E-state index in [1.54, 1.807) is 0 Å². The van der Waals surface area contributed by atoms with Crippen molar-refractivity contribution in [1.82, 2.24) is 19.8 Å². The molecule has 0 spiro atoms. The second-order valence-electron chi connectivity index (χ2n) is 16.3. The van der Waals surface area contributed by atoms with E-state index in [1.165, 1.54) is 6.07 Å². The maximum atomic E-state index is 17.2. The first-order chi connectivity index (χ1) is 26.0. The Kier molecular flexibility index (Phi) is 8.85. The molecule has 4 heterocycles. The average Bonchev–Trinajstić information content (AvgIpc) is 3.92. The minimum absolute atomic E-state index is 0.0248. The van der Waals surface area contributed by atoms with Crippen LogP contribution in [0.5, 0.6) is 6.01 Å². The molecular weight excluding hydrogens is 688 g/mol. The predicted octanol–water partition coefficient (Wildman–Crippen LogP) is 6.06. The Morgan fingerprint density at radius 3 is 2.28 bits per heavy atom. The van der Waals surface area contributed by atoms with Crippen LogP contribution in [-0.2, 0) is 10.3 Å². The number of ether oxygens (including phenoxy) is 2. The lowest BCUT2D eigenvalue weighted by Gasteiger charge is -2.49. The van der Waals surface area contributed by atoms with Gasteiger partial charge in [0.25, 0.3) is 0 Å². The number of halogens is 2. The van der Waals surface area contributed by atoms with Crippen molar-refractivity contribution < 1.29 is 28.5 Å². The van der Waals surface area contributed by atoms with Crippen LogP contribution in [0.2, 0.25) is 0 Å². The molecule has 4 unspecified atom stereocenters. The SMILES string of the molecule is Cc1cc(-c2c(F)cc3c(N4CC5C(O)C(O)C(C4)N5C(C)(C)c4ccccc4)nc(OCC4(CN5CCOCC5)CC4)nc3c2F)c2ccccc2c1. The van der Waals surface area contributed by atoms with E-state index in [-0.39, 0.29) is 41.0 Å². The van der Waals surface area contributed by atoms with Gasteiger partial charge in [-0.1, -0.05) is 66.7 Å². The number of hydrogen-bond acceptors (Lipinski definition) is 9. The molecule has 0 radical (unpaired) electrons. The maximum Gasteiger partial charge on any atom is 0.319 e. The molecule has 1 aliphatic carbocycles. The molecule has 5 aromatic rings. The number of aromatic nitrogens is 2. The summed E-state index contributed by atoms with van der Waals surface area (Å²) >= 11 is 0. The fourth-order valence-electron chi connectivity index (χ4n) is 9.30. The second-order valence-corrected chi connectivity index (χ2v) is 16.3. The highest BCUT2D eigenvalue weighted by Crippen LogP contribution is 2.48. The van der Waals surface area contributed by atoms with Gasteiger partial charge in [0.2, 0.25) is 0 Å². The molecule has 11 heteroatoms. The lowest BCUT2D eigenvalue weighted by Crippen LogP contribution is -2.61. The standard InChI is InChI=1S/C43H47F2N5O4/c1-26-19-27-9-7-8-12-29(27)30(20-26)35-32(44)21-31-37(36(35)45)46-41(54-25-43(13-14-43)24-48-15-17-53-18-16-48)47-40(31)49-22-33-38(51)39(52)34(23-49)50(33)42(2,3)28-10-5-4-6-11-28/h4-12,19-21,33-34,38-39,51-52H,13-18,22-25H2,1-3H3. The maximum absolute atomic E-state index is 17.2. The quantitative estimate of drug-likeness (QED) is 0.188. The molecule has 54 heavy (non-hydrogen) atoms. The largest absolute Gasteiger partial charge is 0.463 e. The number of anilines is 1. The van der Waals surface area contributed by atoms with Crippen molar-refractivity contribution in [2.45, 2.75) is 63.4 Å². The number of nitrogens with zero attached hydrogens (tertiary/aromatic N) is 5. The smallest absolute Gasteiger partial charge is 0.319 e. The number of aliphatic hydroxyl groups excluding tert-OH is 2. The first kappa shape index (κ1) is 35.4. The molecule has 4 aliphatic rings. The first-order valence-corrected chi connectivity index (χ1v) is 19.1. The van der Waals surface area contributed by atoms with Crippen molar-refractivity contribution >= 4 is 27.5 Å². The highest BCUT2D eigenvalue weighted by Gasteiger charge is 2.57. The summed E-state index contributed by atoms with van der Waals surface area (Å²) in [6.45, 7) is 11.1. The Balaban J connectivity index is 1.13. The summed E-state index contributed by atoms with van der Waals surface area (Å²) in [5, 5.41) is 24.7. The van der Waals surface area contributed by atoms with Crippen molar-refractivity contribution in [3.8, 4) is 17.1 Å². The van der Waals surface area contributed by atoms with Crippen molar-refractivity contribution in [3.05, 3.63) is 95.6 Å². The Morgan fingerprint density at radius 1 is 0.889 bits per heavy atom. The molecule has 3 saturated heterocycles. The zero-order chi connectivity index (χ0) is 37.4. The van der Waals surface area contributed by atoms with Gasteiger partial charge in [-0.2, -0.15) is 9.97 Å². The average molecular weight is 736 g/mol. The summed E-state index contributed by atoms with van der Waals surface area (Å²) in [6, 6.07) is 21.8. The molecule has 1 saturated carbocycles. The van der Waals surface area contributed by atoms with Crippen LogP contribution in [0, 0.1) is 24.0 Å². The Labute approximate surface area is 314 Å². The van der Waals surface area contributed by atoms with Gasteiger partial charge in [0.05, 0.1) is 49.7 Å². The van der Waals surface area contributed by atoms with E-state index in [0.717, 1.165) is 54.4 Å². The number of fused-ring (bicyclic) bond motifs is 4. The highest BCUT2D eigenvalue weighted by atomic mass is 19.1. The summed E-state index contributed by atoms with van der Waals surface area (Å²) in [4.78, 5) is 16.1. The van der Waals surface area contributed by atoms with Crippen LogP contribution in [0.25, 0.3) is 32.8 Å². The van der Waals surface area contributed by atoms with Gasteiger partial charge in [-0.3, -0.25) is 9.80 Å². The summed E-state index contributed by atoms with van der Waals surface area (Å²) in [5.41, 5.74) is 1.64. The van der Waals surface area contributed by atoms with Crippen LogP contribution >= 0.6 is 0 Å². The van der Waals surface area contributed by atoms with Crippen LogP contribution < -0.4 is 9.64 Å². The number of hydrogen-bond donors (Lipinski definition) is 2. The molecule has 4 fully saturated rings. The minimum atomic E-state index is -1.03. The van der Waals surface area contributed by atoms with E-state index in [2.05, 4.69) is 40.8 Å². The summed E-state index contributed by atoms with van der Waals surface area (Å²) in [5.74, 6) is -1.18. The molecule has 4 atom stereocenters. The molecule has 0 amide bonds. The molecule has 1 aromatic heterocycles. The van der Waals surface area contributed by atoms with Crippen LogP contribution in [0.4, 0.5) is 14.6 Å². The molecular formula is C43H47F2N5O4. The molecule has 2 bridgehead atoms. The van der Waals surface area contributed by atoms with E-state index < -0.39 is 41.5 Å². The number of aliphatic hydroxyl groups is 2. The van der Waals surface area contributed by atoms with Gasteiger partial charge >= 0.3 is 6.01 Å². The van der Waals surface area contributed by atoms with Gasteiger partial charge in [0, 0.05) is 49.1 Å². The van der Waals surface area contributed by atoms with Gasteiger partial charge in [-0.05, 0) is 67.1 Å². The normalized spacial score (nSPS) is 24.4. The number of morpholine rings is 1. The second kappa shape index (κ2) is 13.5. The van der Waals surface area contributed by atoms with Crippen molar-refractivity contribution in [2.75, 3.05) is 57.4 Å². The Morgan fingerprint density at radius 2 is 1.57 bits per heavy atom. The first-order valence-electron chi connectivity index (χ1n) is 19.1. The lowest BCUT2D eigenvalue weighted by molar-refractivity contribution is 0.0208. The van der Waals surface area contributed by atoms with Gasteiger partial charge in [-0.25, -0.2) is 8.78 Å². The van der Waals surface area contributed by atoms with Crippen LogP contribution in [0.3, 0.4) is 0 Å². The van der Waals surface area contributed by atoms with Gasteiger partial charge in [-0.15, -0.1) is 0 Å². The molecule has 2 N–H and O–H groups in total. The van der Waals surface area contributed by atoms with E-state index in [9.17, 15) is 10.2 Å². The number of piperazine rings is 1. The number of aryl methyl sites for hydroxylation is 1. The van der Waals surface area contributed by atoms with Crippen LogP contribution in [0.1, 0.15) is 37.8 Å². The van der Waals surface area contributed by atoms with Gasteiger partial charge in [0.15, 0.2) is 5.82 Å². The van der Waals surface area contributed by atoms with E-state index in [0.29, 0.717) is 31.2 Å². The van der Waals surface area contributed by atoms with Crippen LogP contribution in [0.15, 0.2) is 72.8 Å². The third-order valence-electron chi connectivity index (χ3n) is 12.3. The molecule has 9 nitrogen and oxygen atoms in total. The third-order valence-corrected chi connectivity index (χ3v) is 12.3. The van der Waals surface area contributed by atoms with Crippen molar-refractivity contribution in [3.63, 3.8) is 0 Å². The predicted molar refractivity (Wildman–Crippen MR) is 205 cm³/mol. The van der Waals surface area contributed by atoms with Crippen LogP contribution in [-0.4, -0.2) is 107 Å². The Hall–Kier alpha value is -4.26. The fourth-order valence-corrected chi connectivity index (χ4v) is 9.30. The van der Waals surface area contributed by atoms with E-state index in [4.69, 9.17) is 14.5 Å². The molecule has 3 aliphatic heterocycles. The summed E-state index contributed by atoms with van der Waals surface area (Å²) in [7, 11) is 0. The molecule has 9 rings (SSSR count). The van der Waals surface area contributed by atoms with Gasteiger partial charge in [0.1, 0.15) is 17.2 Å². The van der Waals surface area contributed by atoms with Crippen molar-refractivity contribution in [2.24, 2.45) is 5.41 Å². The zero-order valence-corrected chi connectivity index (χ0v) is 31.0. The molecule has 4 aromatic carbocycles. The summed E-state index contributed by atoms with van der Waals surface area (Å²) < 4.78 is 45.7. The Bertz CT molecular complexity index is 2190. The topological polar surface area (TPSA) is 94.4 Å². The lowest BCUT2D eigenvalue weighted by atomic mass is 9.89. The van der Waals surface area contributed by atoms with Gasteiger partial charge < -0.3 is 24.6 Å².